The SMILES string of the molecule is CC/C(C)=C/C(CC(C)(C)c1ccc(OC(C)(C)C)cc1)N1CCC(CCCOC)CC1. The van der Waals surface area contributed by atoms with Crippen LogP contribution in [0.2, 0.25) is 0 Å². The van der Waals surface area contributed by atoms with E-state index in [1.54, 1.807) is 0 Å². The number of allylic oxidation sites excluding steroid dienone is 1. The summed E-state index contributed by atoms with van der Waals surface area (Å²) in [6.07, 6.45) is 9.95. The summed E-state index contributed by atoms with van der Waals surface area (Å²) in [5, 5.41) is 0. The molecule has 1 aliphatic rings. The molecule has 1 fully saturated rings. The van der Waals surface area contributed by atoms with Crippen LogP contribution in [0.4, 0.5) is 0 Å². The van der Waals surface area contributed by atoms with Gasteiger partial charge in [-0.25, -0.2) is 0 Å². The van der Waals surface area contributed by atoms with Gasteiger partial charge >= 0.3 is 0 Å². The first kappa shape index (κ1) is 26.9. The van der Waals surface area contributed by atoms with Crippen molar-refractivity contribution in [2.75, 3.05) is 26.8 Å². The molecule has 1 atom stereocenters. The smallest absolute Gasteiger partial charge is 0.120 e. The highest BCUT2D eigenvalue weighted by molar-refractivity contribution is 5.32. The van der Waals surface area contributed by atoms with Crippen LogP contribution in [0.1, 0.15) is 92.6 Å². The second-order valence-corrected chi connectivity index (χ2v) is 11.4. The number of nitrogens with zero attached hydrogens (tertiary/aromatic N) is 1. The first-order valence-electron chi connectivity index (χ1n) is 12.7. The summed E-state index contributed by atoms with van der Waals surface area (Å²) in [7, 11) is 1.81. The van der Waals surface area contributed by atoms with Gasteiger partial charge in [-0.3, -0.25) is 4.90 Å². The maximum atomic E-state index is 6.03. The van der Waals surface area contributed by atoms with Crippen LogP contribution < -0.4 is 4.74 Å². The van der Waals surface area contributed by atoms with Crippen LogP contribution in [0, 0.1) is 5.92 Å². The number of piperidine rings is 1. The van der Waals surface area contributed by atoms with E-state index in [0.29, 0.717) is 6.04 Å². The second kappa shape index (κ2) is 12.2. The number of hydrogen-bond donors (Lipinski definition) is 0. The van der Waals surface area contributed by atoms with Gasteiger partial charge in [0, 0.05) is 19.8 Å². The lowest BCUT2D eigenvalue weighted by Crippen LogP contribution is -2.43. The standard InChI is InChI=1S/C29H49NO2/c1-9-23(2)21-26(30-18-16-24(17-19-30)11-10-20-31-8)22-29(6,7)25-12-14-27(15-13-25)32-28(3,4)5/h12-15,21,24,26H,9-11,16-20,22H2,1-8H3/b23-21+. The van der Waals surface area contributed by atoms with Crippen molar-refractivity contribution in [2.24, 2.45) is 5.92 Å². The lowest BCUT2D eigenvalue weighted by atomic mass is 9.78. The molecule has 0 amide bonds. The predicted octanol–water partition coefficient (Wildman–Crippen LogP) is 7.40. The summed E-state index contributed by atoms with van der Waals surface area (Å²) in [5.74, 6) is 1.81. The maximum Gasteiger partial charge on any atom is 0.120 e. The molecule has 182 valence electrons. The number of rotatable bonds is 11. The Bertz CT molecular complexity index is 691. The van der Waals surface area contributed by atoms with E-state index in [4.69, 9.17) is 9.47 Å². The third-order valence-corrected chi connectivity index (χ3v) is 6.89. The molecule has 0 aliphatic carbocycles. The van der Waals surface area contributed by atoms with Crippen molar-refractivity contribution >= 4 is 0 Å². The van der Waals surface area contributed by atoms with E-state index in [2.05, 4.69) is 83.7 Å². The van der Waals surface area contributed by atoms with Crippen molar-refractivity contribution in [3.63, 3.8) is 0 Å². The Labute approximate surface area is 198 Å². The lowest BCUT2D eigenvalue weighted by Gasteiger charge is -2.40. The molecule has 1 aliphatic heterocycles. The molecule has 1 unspecified atom stereocenters. The Balaban J connectivity index is 2.07. The van der Waals surface area contributed by atoms with Gasteiger partial charge in [0.25, 0.3) is 0 Å². The fourth-order valence-corrected chi connectivity index (χ4v) is 4.80. The van der Waals surface area contributed by atoms with Crippen molar-refractivity contribution in [3.05, 3.63) is 41.5 Å². The molecule has 0 aromatic heterocycles. The van der Waals surface area contributed by atoms with E-state index < -0.39 is 0 Å². The van der Waals surface area contributed by atoms with E-state index in [9.17, 15) is 0 Å². The van der Waals surface area contributed by atoms with Crippen LogP contribution in [0.5, 0.6) is 5.75 Å². The third kappa shape index (κ3) is 8.90. The summed E-state index contributed by atoms with van der Waals surface area (Å²) in [4.78, 5) is 2.74. The Kier molecular flexibility index (Phi) is 10.3. The van der Waals surface area contributed by atoms with Crippen LogP contribution in [-0.4, -0.2) is 43.3 Å². The molecule has 1 aromatic carbocycles. The van der Waals surface area contributed by atoms with Crippen LogP contribution >= 0.6 is 0 Å². The molecule has 0 N–H and O–H groups in total. The Morgan fingerprint density at radius 2 is 1.72 bits per heavy atom. The number of benzene rings is 1. The van der Waals surface area contributed by atoms with Gasteiger partial charge in [-0.1, -0.05) is 44.6 Å². The first-order chi connectivity index (χ1) is 15.0. The maximum absolute atomic E-state index is 6.03. The molecule has 32 heavy (non-hydrogen) atoms. The predicted molar refractivity (Wildman–Crippen MR) is 138 cm³/mol. The van der Waals surface area contributed by atoms with E-state index in [1.807, 2.05) is 7.11 Å². The summed E-state index contributed by atoms with van der Waals surface area (Å²) >= 11 is 0. The Morgan fingerprint density at radius 1 is 1.09 bits per heavy atom. The van der Waals surface area contributed by atoms with Gasteiger partial charge in [-0.05, 0) is 108 Å². The van der Waals surface area contributed by atoms with E-state index >= 15 is 0 Å². The topological polar surface area (TPSA) is 21.7 Å². The quantitative estimate of drug-likeness (QED) is 0.263. The van der Waals surface area contributed by atoms with Gasteiger partial charge in [0.1, 0.15) is 11.4 Å². The van der Waals surface area contributed by atoms with Crippen LogP contribution in [-0.2, 0) is 10.2 Å². The Hall–Kier alpha value is -1.32. The second-order valence-electron chi connectivity index (χ2n) is 11.4. The van der Waals surface area contributed by atoms with Crippen molar-refractivity contribution in [3.8, 4) is 5.75 Å². The summed E-state index contributed by atoms with van der Waals surface area (Å²) < 4.78 is 11.3. The fourth-order valence-electron chi connectivity index (χ4n) is 4.80. The molecule has 3 nitrogen and oxygen atoms in total. The van der Waals surface area contributed by atoms with Crippen molar-refractivity contribution < 1.29 is 9.47 Å². The van der Waals surface area contributed by atoms with Crippen molar-refractivity contribution in [1.82, 2.24) is 4.90 Å². The molecule has 0 bridgehead atoms. The van der Waals surface area contributed by atoms with Gasteiger partial charge in [-0.2, -0.15) is 0 Å². The molecular weight excluding hydrogens is 394 g/mol. The van der Waals surface area contributed by atoms with Crippen LogP contribution in [0.25, 0.3) is 0 Å². The molecule has 0 saturated carbocycles. The zero-order valence-corrected chi connectivity index (χ0v) is 22.2. The minimum absolute atomic E-state index is 0.102. The van der Waals surface area contributed by atoms with E-state index in [0.717, 1.165) is 31.1 Å². The van der Waals surface area contributed by atoms with Gasteiger partial charge in [0.15, 0.2) is 0 Å². The monoisotopic (exact) mass is 443 g/mol. The average Bonchev–Trinajstić information content (AvgIpc) is 2.73. The third-order valence-electron chi connectivity index (χ3n) is 6.89. The molecule has 2 rings (SSSR count). The molecule has 0 spiro atoms. The normalized spacial score (nSPS) is 18.1. The minimum atomic E-state index is -0.166. The number of likely N-dealkylation sites (tertiary alicyclic amines) is 1. The number of ether oxygens (including phenoxy) is 2. The van der Waals surface area contributed by atoms with E-state index in [1.165, 1.54) is 49.9 Å². The summed E-state index contributed by atoms with van der Waals surface area (Å²) in [6.45, 7) is 19.0. The molecule has 1 saturated heterocycles. The van der Waals surface area contributed by atoms with Gasteiger partial charge in [0.05, 0.1) is 0 Å². The number of hydrogen-bond acceptors (Lipinski definition) is 3. The minimum Gasteiger partial charge on any atom is -0.488 e. The molecular formula is C29H49NO2. The zero-order valence-electron chi connectivity index (χ0n) is 22.2. The largest absolute Gasteiger partial charge is 0.488 e. The van der Waals surface area contributed by atoms with Crippen molar-refractivity contribution in [1.29, 1.82) is 0 Å². The molecule has 1 aromatic rings. The molecule has 1 heterocycles. The highest BCUT2D eigenvalue weighted by Crippen LogP contribution is 2.34. The Morgan fingerprint density at radius 3 is 2.25 bits per heavy atom. The summed E-state index contributed by atoms with van der Waals surface area (Å²) in [5.41, 5.74) is 2.83. The molecule has 3 heteroatoms. The highest BCUT2D eigenvalue weighted by atomic mass is 16.5. The lowest BCUT2D eigenvalue weighted by molar-refractivity contribution is 0.124. The van der Waals surface area contributed by atoms with Gasteiger partial charge in [0.2, 0.25) is 0 Å². The van der Waals surface area contributed by atoms with Crippen LogP contribution in [0.3, 0.4) is 0 Å². The van der Waals surface area contributed by atoms with Crippen LogP contribution in [0.15, 0.2) is 35.9 Å². The van der Waals surface area contributed by atoms with Gasteiger partial charge < -0.3 is 9.47 Å². The zero-order chi connectivity index (χ0) is 23.8. The fraction of sp³-hybridized carbons (Fsp3) is 0.724. The van der Waals surface area contributed by atoms with E-state index in [-0.39, 0.29) is 11.0 Å². The summed E-state index contributed by atoms with van der Waals surface area (Å²) in [6, 6.07) is 9.29. The number of methoxy groups -OCH3 is 1. The average molecular weight is 444 g/mol. The van der Waals surface area contributed by atoms with Gasteiger partial charge in [-0.15, -0.1) is 0 Å². The first-order valence-corrected chi connectivity index (χ1v) is 12.7. The highest BCUT2D eigenvalue weighted by Gasteiger charge is 2.30. The molecule has 0 radical (unpaired) electrons. The van der Waals surface area contributed by atoms with Crippen molar-refractivity contribution in [2.45, 2.75) is 104 Å².